The molecule has 10 nitrogen and oxygen atoms in total. The van der Waals surface area contributed by atoms with Gasteiger partial charge >= 0.3 is 19.5 Å². The number of carbonyl (C=O) groups excluding carboxylic acids is 2. The topological polar surface area (TPSA) is 167 Å². The molecule has 0 aliphatic carbocycles. The zero-order valence-electron chi connectivity index (χ0n) is 19.3. The highest BCUT2D eigenvalue weighted by Gasteiger charge is 2.33. The average molecular weight is 502 g/mol. The van der Waals surface area contributed by atoms with E-state index in [1.807, 2.05) is 0 Å². The van der Waals surface area contributed by atoms with E-state index in [4.69, 9.17) is 9.63 Å². The Morgan fingerprint density at radius 2 is 1.68 bits per heavy atom. The molecule has 190 valence electrons. The number of rotatable bonds is 15. The molecule has 0 aliphatic heterocycles. The van der Waals surface area contributed by atoms with Gasteiger partial charge in [-0.05, 0) is 36.6 Å². The molecule has 0 saturated carbocycles. The van der Waals surface area contributed by atoms with Gasteiger partial charge in [0.15, 0.2) is 11.8 Å². The summed E-state index contributed by atoms with van der Waals surface area (Å²) in [6.45, 7) is 4.16. The summed E-state index contributed by atoms with van der Waals surface area (Å²) in [6.07, 6.45) is -0.367. The van der Waals surface area contributed by atoms with Gasteiger partial charge in [0.1, 0.15) is 5.82 Å². The van der Waals surface area contributed by atoms with Crippen LogP contribution in [0.15, 0.2) is 24.3 Å². The van der Waals surface area contributed by atoms with E-state index >= 15 is 0 Å². The number of ketones is 1. The van der Waals surface area contributed by atoms with Crippen molar-refractivity contribution in [1.29, 1.82) is 0 Å². The Kier molecular flexibility index (Phi) is 11.5. The highest BCUT2D eigenvalue weighted by Crippen LogP contribution is 2.44. The van der Waals surface area contributed by atoms with Gasteiger partial charge in [-0.15, -0.1) is 0 Å². The third kappa shape index (κ3) is 9.70. The highest BCUT2D eigenvalue weighted by molar-refractivity contribution is 7.52. The van der Waals surface area contributed by atoms with Gasteiger partial charge in [-0.25, -0.2) is 9.18 Å². The molecule has 0 bridgehead atoms. The molecule has 0 aromatic heterocycles. The van der Waals surface area contributed by atoms with E-state index in [0.29, 0.717) is 6.42 Å². The molecule has 1 rings (SSSR count). The second-order valence-corrected chi connectivity index (χ2v) is 10.2. The molecule has 4 N–H and O–H groups in total. The Labute approximate surface area is 197 Å². The zero-order valence-corrected chi connectivity index (χ0v) is 20.2. The minimum atomic E-state index is -4.46. The van der Waals surface area contributed by atoms with E-state index in [0.717, 1.165) is 12.1 Å². The van der Waals surface area contributed by atoms with Crippen LogP contribution in [0.25, 0.3) is 0 Å². The minimum absolute atomic E-state index is 0.139. The molecule has 0 saturated heterocycles. The van der Waals surface area contributed by atoms with E-state index < -0.39 is 67.7 Å². The Morgan fingerprint density at radius 1 is 1.09 bits per heavy atom. The van der Waals surface area contributed by atoms with Crippen LogP contribution in [0.4, 0.5) is 4.39 Å². The quantitative estimate of drug-likeness (QED) is 0.208. The molecule has 0 fully saturated rings. The smallest absolute Gasteiger partial charge is 0.329 e. The molecule has 12 heteroatoms. The Hall–Kier alpha value is -2.62. The summed E-state index contributed by atoms with van der Waals surface area (Å²) in [4.78, 5) is 58.0. The molecule has 1 aromatic carbocycles. The van der Waals surface area contributed by atoms with Crippen LogP contribution in [0.2, 0.25) is 0 Å². The van der Waals surface area contributed by atoms with Gasteiger partial charge in [0, 0.05) is 17.9 Å². The van der Waals surface area contributed by atoms with Crippen LogP contribution < -0.4 is 5.32 Å². The van der Waals surface area contributed by atoms with E-state index in [1.165, 1.54) is 12.1 Å². The maximum absolute atomic E-state index is 13.1. The predicted octanol–water partition coefficient (Wildman–Crippen LogP) is 2.94. The number of carboxylic acids is 2. The molecule has 0 spiro atoms. The summed E-state index contributed by atoms with van der Waals surface area (Å²) in [6, 6.07) is 3.08. The van der Waals surface area contributed by atoms with Crippen LogP contribution in [-0.4, -0.2) is 57.5 Å². The van der Waals surface area contributed by atoms with Gasteiger partial charge in [0.25, 0.3) is 0 Å². The summed E-state index contributed by atoms with van der Waals surface area (Å²) in [5.74, 6) is -6.98. The molecule has 4 atom stereocenters. The summed E-state index contributed by atoms with van der Waals surface area (Å²) < 4.78 is 30.2. The number of hydrogen-bond donors (Lipinski definition) is 4. The van der Waals surface area contributed by atoms with Crippen molar-refractivity contribution < 1.29 is 47.8 Å². The van der Waals surface area contributed by atoms with E-state index in [-0.39, 0.29) is 24.3 Å². The van der Waals surface area contributed by atoms with Gasteiger partial charge in [-0.1, -0.05) is 27.2 Å². The molecule has 3 unspecified atom stereocenters. The Bertz CT molecular complexity index is 919. The number of carbonyl (C=O) groups is 4. The van der Waals surface area contributed by atoms with Gasteiger partial charge in [0.05, 0.1) is 18.7 Å². The van der Waals surface area contributed by atoms with Crippen molar-refractivity contribution in [3.63, 3.8) is 0 Å². The van der Waals surface area contributed by atoms with Crippen LogP contribution in [0, 0.1) is 23.6 Å². The van der Waals surface area contributed by atoms with Crippen molar-refractivity contribution in [2.24, 2.45) is 17.8 Å². The number of aliphatic carboxylic acids is 2. The largest absolute Gasteiger partial charge is 0.481 e. The van der Waals surface area contributed by atoms with E-state index in [9.17, 15) is 38.1 Å². The van der Waals surface area contributed by atoms with Crippen molar-refractivity contribution >= 4 is 31.2 Å². The Balaban J connectivity index is 2.85. The fourth-order valence-electron chi connectivity index (χ4n) is 3.20. The van der Waals surface area contributed by atoms with Gasteiger partial charge < -0.3 is 24.9 Å². The lowest BCUT2D eigenvalue weighted by molar-refractivity contribution is -0.144. The standard InChI is InChI=1S/C22H31FNO9P/c1-4-5-15(21(27)28)12-34(31,32)33-11-18(22(29)30)24-20(26)17(13(2)3)10-19(25)14-6-8-16(23)9-7-14/h6-9,13,15,17-18H,4-5,10-12H2,1-3H3,(H,24,26)(H,27,28)(H,29,30)(H,31,32)/t15?,17?,18-/m0/s1/i23-1. The minimum Gasteiger partial charge on any atom is -0.481 e. The normalized spacial score (nSPS) is 15.7. The number of halogens is 1. The van der Waals surface area contributed by atoms with Crippen LogP contribution in [0.3, 0.4) is 0 Å². The summed E-state index contributed by atoms with van der Waals surface area (Å²) >= 11 is 0. The first-order chi connectivity index (χ1) is 15.8. The van der Waals surface area contributed by atoms with Crippen molar-refractivity contribution in [1.82, 2.24) is 5.32 Å². The fraction of sp³-hybridized carbons (Fsp3) is 0.545. The first-order valence-electron chi connectivity index (χ1n) is 10.8. The third-order valence-electron chi connectivity index (χ3n) is 5.21. The molecule has 1 amide bonds. The zero-order chi connectivity index (χ0) is 26.1. The van der Waals surface area contributed by atoms with Gasteiger partial charge in [-0.3, -0.25) is 18.9 Å². The van der Waals surface area contributed by atoms with E-state index in [1.54, 1.807) is 20.8 Å². The fourth-order valence-corrected chi connectivity index (χ4v) is 4.58. The number of benzene rings is 1. The van der Waals surface area contributed by atoms with Crippen molar-refractivity contribution in [3.05, 3.63) is 35.6 Å². The highest BCUT2D eigenvalue weighted by atomic mass is 31.2. The monoisotopic (exact) mass is 502 g/mol. The number of nitrogens with one attached hydrogen (secondary N) is 1. The number of hydrogen-bond acceptors (Lipinski definition) is 6. The first-order valence-corrected chi connectivity index (χ1v) is 12.5. The van der Waals surface area contributed by atoms with Crippen molar-refractivity contribution in [2.45, 2.75) is 46.1 Å². The van der Waals surface area contributed by atoms with Crippen molar-refractivity contribution in [2.75, 3.05) is 12.8 Å². The summed E-state index contributed by atoms with van der Waals surface area (Å²) in [5, 5.41) is 20.8. The van der Waals surface area contributed by atoms with E-state index in [2.05, 4.69) is 5.32 Å². The lowest BCUT2D eigenvalue weighted by Gasteiger charge is -2.23. The van der Waals surface area contributed by atoms with Gasteiger partial charge in [0.2, 0.25) is 5.91 Å². The summed E-state index contributed by atoms with van der Waals surface area (Å²) in [5.41, 5.74) is 0.194. The molecule has 0 radical (unpaired) electrons. The Morgan fingerprint density at radius 3 is 2.15 bits per heavy atom. The molecule has 1 aromatic rings. The predicted molar refractivity (Wildman–Crippen MR) is 120 cm³/mol. The molecule has 0 aliphatic rings. The molecular formula is C22H31FNO9P. The van der Waals surface area contributed by atoms with Gasteiger partial charge in [-0.2, -0.15) is 0 Å². The first kappa shape index (κ1) is 29.4. The summed E-state index contributed by atoms with van der Waals surface area (Å²) in [7, 11) is -4.46. The number of Topliss-reactive ketones (excluding diaryl/α,β-unsaturated/α-hetero) is 1. The van der Waals surface area contributed by atoms with Crippen molar-refractivity contribution in [3.8, 4) is 0 Å². The van der Waals surface area contributed by atoms with Crippen LogP contribution in [-0.2, 0) is 23.5 Å². The maximum Gasteiger partial charge on any atom is 0.329 e. The second-order valence-electron chi connectivity index (χ2n) is 8.32. The lowest BCUT2D eigenvalue weighted by atomic mass is 9.88. The van der Waals surface area contributed by atoms with Crippen LogP contribution >= 0.6 is 7.60 Å². The van der Waals surface area contributed by atoms with Crippen LogP contribution in [0.1, 0.15) is 50.4 Å². The molecular weight excluding hydrogens is 471 g/mol. The third-order valence-corrected chi connectivity index (χ3v) is 6.66. The second kappa shape index (κ2) is 13.3. The number of amides is 1. The average Bonchev–Trinajstić information content (AvgIpc) is 2.74. The lowest BCUT2D eigenvalue weighted by Crippen LogP contribution is -2.47. The maximum atomic E-state index is 13.1. The molecule has 34 heavy (non-hydrogen) atoms. The molecule has 0 heterocycles. The van der Waals surface area contributed by atoms with Crippen LogP contribution in [0.5, 0.6) is 0 Å². The SMILES string of the molecule is CCCC(CP(=O)(O)OC[C@H](NC(=O)C(CC(=O)c1ccc([18F])cc1)C(C)C)C(=O)O)C(=O)O. The number of carboxylic acid groups (broad SMARTS) is 2.